The number of carbonyl (C=O) groups excluding carboxylic acids is 1. The highest BCUT2D eigenvalue weighted by Crippen LogP contribution is 2.41. The summed E-state index contributed by atoms with van der Waals surface area (Å²) >= 11 is 0. The van der Waals surface area contributed by atoms with Crippen LogP contribution < -0.4 is 0 Å². The summed E-state index contributed by atoms with van der Waals surface area (Å²) in [5, 5.41) is 13.3. The average Bonchev–Trinajstić information content (AvgIpc) is 2.92. The van der Waals surface area contributed by atoms with Crippen molar-refractivity contribution in [1.82, 2.24) is 4.98 Å². The molecule has 248 valence electrons. The number of aliphatic hydroxyl groups is 1. The average molecular weight is 644 g/mol. The molecule has 1 N–H and O–H groups in total. The number of aliphatic hydroxyl groups excluding tert-OH is 1. The lowest BCUT2D eigenvalue weighted by atomic mass is 10.0. The van der Waals surface area contributed by atoms with Crippen LogP contribution in [0.15, 0.2) is 36.4 Å². The lowest BCUT2D eigenvalue weighted by Crippen LogP contribution is -2.51. The molecule has 0 aliphatic rings. The number of ether oxygens (including phenoxy) is 1. The Morgan fingerprint density at radius 3 is 2.14 bits per heavy atom. The number of hydrogen-bond acceptors (Lipinski definition) is 6. The van der Waals surface area contributed by atoms with E-state index in [1.54, 1.807) is 0 Å². The maximum absolute atomic E-state index is 12.0. The molecule has 0 aliphatic carbocycles. The third-order valence-corrected chi connectivity index (χ3v) is 18.6. The van der Waals surface area contributed by atoms with E-state index in [0.29, 0.717) is 25.7 Å². The van der Waals surface area contributed by atoms with Crippen LogP contribution in [-0.4, -0.2) is 52.0 Å². The third kappa shape index (κ3) is 10.9. The molecule has 0 aliphatic heterocycles. The van der Waals surface area contributed by atoms with Gasteiger partial charge < -0.3 is 18.7 Å². The van der Waals surface area contributed by atoms with Crippen molar-refractivity contribution >= 4 is 39.5 Å². The molecule has 1 aromatic carbocycles. The summed E-state index contributed by atoms with van der Waals surface area (Å²) in [6, 6.07) is 10.2. The zero-order valence-corrected chi connectivity index (χ0v) is 31.8. The van der Waals surface area contributed by atoms with E-state index in [4.69, 9.17) is 18.6 Å². The summed E-state index contributed by atoms with van der Waals surface area (Å²) in [6.45, 7) is 24.7. The summed E-state index contributed by atoms with van der Waals surface area (Å²) < 4.78 is 19.1. The second-order valence-corrected chi connectivity index (χ2v) is 24.8. The fourth-order valence-electron chi connectivity index (χ4n) is 4.66. The van der Waals surface area contributed by atoms with E-state index >= 15 is 0 Å². The first kappa shape index (κ1) is 38.3. The van der Waals surface area contributed by atoms with E-state index in [1.165, 1.54) is 7.11 Å². The topological polar surface area (TPSA) is 77.9 Å². The zero-order valence-electron chi connectivity index (χ0n) is 29.8. The zero-order chi connectivity index (χ0) is 33.3. The number of rotatable bonds is 16. The van der Waals surface area contributed by atoms with Crippen LogP contribution in [0.3, 0.4) is 0 Å². The molecular weight excluding hydrogens is 583 g/mol. The molecule has 0 amide bonds. The van der Waals surface area contributed by atoms with E-state index < -0.39 is 22.7 Å². The Morgan fingerprint density at radius 2 is 1.55 bits per heavy atom. The highest BCUT2D eigenvalue weighted by atomic mass is 28.4. The summed E-state index contributed by atoms with van der Waals surface area (Å²) in [5.41, 5.74) is 1.52. The molecule has 0 saturated heterocycles. The standard InChI is InChI=1S/C36H61NO5Si2/c1-13-14-15-21-30(38)34-29-20-17-16-19-27(29)26-28(37-34)24-25-32(42-44(11,12)36(5,6)7)31(22-18-23-33(39)40-8)41-43(9,10)35(2,3)4/h16-17,19-20,24-26,30-32,38H,13-15,18,21-23H2,1-12H3/b25-24+/t30-,31?,32?/m0/s1. The Balaban J connectivity index is 2.60. The minimum Gasteiger partial charge on any atom is -0.469 e. The summed E-state index contributed by atoms with van der Waals surface area (Å²) in [7, 11) is -2.97. The Morgan fingerprint density at radius 1 is 0.932 bits per heavy atom. The van der Waals surface area contributed by atoms with Gasteiger partial charge in [0.1, 0.15) is 0 Å². The van der Waals surface area contributed by atoms with Crippen LogP contribution >= 0.6 is 0 Å². The Kier molecular flexibility index (Phi) is 14.0. The molecule has 0 bridgehead atoms. The molecule has 8 heteroatoms. The van der Waals surface area contributed by atoms with Crippen molar-refractivity contribution in [2.75, 3.05) is 7.11 Å². The molecule has 2 aromatic rings. The lowest BCUT2D eigenvalue weighted by Gasteiger charge is -2.44. The number of esters is 1. The van der Waals surface area contributed by atoms with Crippen molar-refractivity contribution < 1.29 is 23.5 Å². The smallest absolute Gasteiger partial charge is 0.305 e. The van der Waals surface area contributed by atoms with Gasteiger partial charge in [-0.05, 0) is 73.1 Å². The van der Waals surface area contributed by atoms with E-state index in [1.807, 2.05) is 24.3 Å². The van der Waals surface area contributed by atoms with Crippen LogP contribution in [0.4, 0.5) is 0 Å². The summed E-state index contributed by atoms with van der Waals surface area (Å²) in [5.74, 6) is -0.209. The fourth-order valence-corrected chi connectivity index (χ4v) is 7.28. The van der Waals surface area contributed by atoms with Gasteiger partial charge >= 0.3 is 5.97 Å². The van der Waals surface area contributed by atoms with Gasteiger partial charge in [0.2, 0.25) is 0 Å². The number of aromatic nitrogens is 1. The van der Waals surface area contributed by atoms with Crippen molar-refractivity contribution in [3.05, 3.63) is 47.8 Å². The normalized spacial score (nSPS) is 15.5. The molecule has 44 heavy (non-hydrogen) atoms. The van der Waals surface area contributed by atoms with Gasteiger partial charge in [0.25, 0.3) is 0 Å². The molecule has 1 aromatic heterocycles. The number of fused-ring (bicyclic) bond motifs is 1. The maximum Gasteiger partial charge on any atom is 0.305 e. The molecule has 0 fully saturated rings. The summed E-state index contributed by atoms with van der Waals surface area (Å²) in [6.07, 6.45) is 8.50. The SMILES string of the molecule is CCCCC[C@H](O)c1nc(/C=C/C(O[Si](C)(C)C(C)(C)C)C(CCCC(=O)OC)O[Si](C)(C)C(C)(C)C)cc2ccccc12. The molecular formula is C36H61NO5Si2. The number of hydrogen-bond donors (Lipinski definition) is 1. The summed E-state index contributed by atoms with van der Waals surface area (Å²) in [4.78, 5) is 17.0. The molecule has 0 radical (unpaired) electrons. The van der Waals surface area contributed by atoms with Gasteiger partial charge in [-0.3, -0.25) is 9.78 Å². The minimum absolute atomic E-state index is 0.00357. The Labute approximate surface area is 270 Å². The van der Waals surface area contributed by atoms with Crippen LogP contribution in [0.5, 0.6) is 0 Å². The molecule has 2 unspecified atom stereocenters. The van der Waals surface area contributed by atoms with Gasteiger partial charge in [-0.25, -0.2) is 0 Å². The Hall–Kier alpha value is -1.85. The molecule has 2 rings (SSSR count). The minimum atomic E-state index is -2.22. The first-order chi connectivity index (χ1) is 20.3. The molecule has 1 heterocycles. The van der Waals surface area contributed by atoms with Crippen LogP contribution in [0.25, 0.3) is 16.8 Å². The fraction of sp³-hybridized carbons (Fsp3) is 0.667. The highest BCUT2D eigenvalue weighted by Gasteiger charge is 2.44. The van der Waals surface area contributed by atoms with Gasteiger partial charge in [-0.2, -0.15) is 0 Å². The number of nitrogens with zero attached hydrogens (tertiary/aromatic N) is 1. The van der Waals surface area contributed by atoms with Crippen molar-refractivity contribution in [1.29, 1.82) is 0 Å². The molecule has 0 spiro atoms. The van der Waals surface area contributed by atoms with Gasteiger partial charge in [0.15, 0.2) is 16.6 Å². The van der Waals surface area contributed by atoms with Crippen LogP contribution in [0.2, 0.25) is 36.3 Å². The molecule has 6 nitrogen and oxygen atoms in total. The van der Waals surface area contributed by atoms with Gasteiger partial charge in [-0.1, -0.05) is 98.1 Å². The van der Waals surface area contributed by atoms with Crippen molar-refractivity contribution in [2.24, 2.45) is 0 Å². The first-order valence-corrected chi connectivity index (χ1v) is 22.3. The largest absolute Gasteiger partial charge is 0.469 e. The first-order valence-electron chi connectivity index (χ1n) is 16.5. The van der Waals surface area contributed by atoms with Crippen LogP contribution in [-0.2, 0) is 18.4 Å². The predicted molar refractivity (Wildman–Crippen MR) is 190 cm³/mol. The van der Waals surface area contributed by atoms with Gasteiger partial charge in [0, 0.05) is 11.8 Å². The number of pyridine rings is 1. The maximum atomic E-state index is 12.0. The number of benzene rings is 1. The van der Waals surface area contributed by atoms with Gasteiger partial charge in [-0.15, -0.1) is 0 Å². The second kappa shape index (κ2) is 16.1. The predicted octanol–water partition coefficient (Wildman–Crippen LogP) is 9.99. The number of methoxy groups -OCH3 is 1. The van der Waals surface area contributed by atoms with Crippen LogP contribution in [0, 0.1) is 0 Å². The highest BCUT2D eigenvalue weighted by molar-refractivity contribution is 6.74. The van der Waals surface area contributed by atoms with E-state index in [-0.39, 0.29) is 28.3 Å². The number of carbonyl (C=O) groups is 1. The lowest BCUT2D eigenvalue weighted by molar-refractivity contribution is -0.140. The van der Waals surface area contributed by atoms with Gasteiger partial charge in [0.05, 0.1) is 36.8 Å². The second-order valence-electron chi connectivity index (χ2n) is 15.3. The van der Waals surface area contributed by atoms with Crippen molar-refractivity contribution in [3.8, 4) is 0 Å². The monoisotopic (exact) mass is 643 g/mol. The van der Waals surface area contributed by atoms with E-state index in [9.17, 15) is 9.90 Å². The molecule has 3 atom stereocenters. The van der Waals surface area contributed by atoms with E-state index in [2.05, 4.69) is 92.9 Å². The molecule has 0 saturated carbocycles. The number of unbranched alkanes of at least 4 members (excludes halogenated alkanes) is 2. The van der Waals surface area contributed by atoms with Crippen molar-refractivity contribution in [3.63, 3.8) is 0 Å². The quantitative estimate of drug-likeness (QED) is 0.111. The third-order valence-electron chi connectivity index (χ3n) is 9.60. The van der Waals surface area contributed by atoms with Crippen molar-refractivity contribution in [2.45, 2.75) is 148 Å². The van der Waals surface area contributed by atoms with E-state index in [0.717, 1.165) is 41.4 Å². The Bertz CT molecular complexity index is 1230. The van der Waals surface area contributed by atoms with Crippen LogP contribution in [0.1, 0.15) is 111 Å².